The number of carbonyl (C=O) groups excluding carboxylic acids is 4. The van der Waals surface area contributed by atoms with Crippen LogP contribution in [0.1, 0.15) is 27.1 Å². The van der Waals surface area contributed by atoms with E-state index in [2.05, 4.69) is 15.5 Å². The summed E-state index contributed by atoms with van der Waals surface area (Å²) >= 11 is 6.26. The van der Waals surface area contributed by atoms with E-state index >= 15 is 0 Å². The number of nitro groups is 1. The van der Waals surface area contributed by atoms with E-state index in [0.717, 1.165) is 4.90 Å². The molecule has 210 valence electrons. The molecule has 0 radical (unpaired) electrons. The first-order valence-electron chi connectivity index (χ1n) is 12.2. The van der Waals surface area contributed by atoms with Crippen molar-refractivity contribution in [2.24, 2.45) is 10.2 Å². The number of ether oxygens (including phenoxy) is 2. The molecule has 1 aliphatic rings. The van der Waals surface area contributed by atoms with Crippen molar-refractivity contribution in [3.05, 3.63) is 93.0 Å². The SMILES string of the molecule is O=C(CCNc1ccc(/N=N/c2ccc([N+](=O)[O-])cc2)cc1Cl)OCC(=O)OCCN1C(=O)c2ccccc2C1=O. The van der Waals surface area contributed by atoms with Crippen molar-refractivity contribution in [3.8, 4) is 0 Å². The topological polar surface area (TPSA) is 170 Å². The first kappa shape index (κ1) is 28.8. The zero-order chi connectivity index (χ0) is 29.4. The van der Waals surface area contributed by atoms with Gasteiger partial charge in [0, 0.05) is 18.7 Å². The van der Waals surface area contributed by atoms with E-state index in [1.165, 1.54) is 24.3 Å². The lowest BCUT2D eigenvalue weighted by Crippen LogP contribution is -2.33. The van der Waals surface area contributed by atoms with Crippen LogP contribution in [-0.4, -0.2) is 59.9 Å². The molecular formula is C27H22ClN5O8. The van der Waals surface area contributed by atoms with Gasteiger partial charge in [-0.2, -0.15) is 10.2 Å². The first-order valence-corrected chi connectivity index (χ1v) is 12.6. The summed E-state index contributed by atoms with van der Waals surface area (Å²) in [5.74, 6) is -2.38. The van der Waals surface area contributed by atoms with Gasteiger partial charge < -0.3 is 14.8 Å². The number of azo groups is 1. The van der Waals surface area contributed by atoms with Crippen molar-refractivity contribution >= 4 is 58.1 Å². The highest BCUT2D eigenvalue weighted by Gasteiger charge is 2.34. The monoisotopic (exact) mass is 579 g/mol. The minimum absolute atomic E-state index is 0.0523. The number of amides is 2. The molecule has 2 amide bonds. The van der Waals surface area contributed by atoms with E-state index in [9.17, 15) is 29.3 Å². The van der Waals surface area contributed by atoms with Gasteiger partial charge in [-0.1, -0.05) is 23.7 Å². The van der Waals surface area contributed by atoms with Gasteiger partial charge in [0.25, 0.3) is 17.5 Å². The maximum absolute atomic E-state index is 12.3. The summed E-state index contributed by atoms with van der Waals surface area (Å²) in [5.41, 5.74) is 1.95. The lowest BCUT2D eigenvalue weighted by molar-refractivity contribution is -0.384. The molecule has 3 aromatic rings. The number of hydrogen-bond donors (Lipinski definition) is 1. The zero-order valence-electron chi connectivity index (χ0n) is 21.3. The summed E-state index contributed by atoms with van der Waals surface area (Å²) < 4.78 is 9.88. The fourth-order valence-corrected chi connectivity index (χ4v) is 3.95. The lowest BCUT2D eigenvalue weighted by atomic mass is 10.1. The molecule has 1 N–H and O–H groups in total. The Labute approximate surface area is 237 Å². The van der Waals surface area contributed by atoms with E-state index in [0.29, 0.717) is 33.2 Å². The summed E-state index contributed by atoms with van der Waals surface area (Å²) in [4.78, 5) is 59.7. The number of benzene rings is 3. The van der Waals surface area contributed by atoms with Crippen LogP contribution in [0.4, 0.5) is 22.7 Å². The summed E-state index contributed by atoms with van der Waals surface area (Å²) in [6.07, 6.45) is -0.0692. The van der Waals surface area contributed by atoms with Gasteiger partial charge in [0.15, 0.2) is 6.61 Å². The number of carbonyl (C=O) groups is 4. The van der Waals surface area contributed by atoms with Gasteiger partial charge in [-0.3, -0.25) is 29.4 Å². The number of fused-ring (bicyclic) bond motifs is 1. The molecule has 0 spiro atoms. The predicted molar refractivity (Wildman–Crippen MR) is 146 cm³/mol. The van der Waals surface area contributed by atoms with Crippen molar-refractivity contribution in [2.45, 2.75) is 6.42 Å². The molecule has 0 saturated heterocycles. The number of anilines is 1. The zero-order valence-corrected chi connectivity index (χ0v) is 22.1. The van der Waals surface area contributed by atoms with Crippen molar-refractivity contribution in [1.29, 1.82) is 0 Å². The predicted octanol–water partition coefficient (Wildman–Crippen LogP) is 4.85. The van der Waals surface area contributed by atoms with Gasteiger partial charge in [0.2, 0.25) is 0 Å². The second-order valence-electron chi connectivity index (χ2n) is 8.50. The number of esters is 2. The van der Waals surface area contributed by atoms with Crippen molar-refractivity contribution < 1.29 is 33.6 Å². The summed E-state index contributed by atoms with van der Waals surface area (Å²) in [7, 11) is 0. The number of nitro benzene ring substituents is 1. The Hall–Kier alpha value is -5.17. The molecule has 0 saturated carbocycles. The molecule has 0 aromatic heterocycles. The molecule has 3 aromatic carbocycles. The van der Waals surface area contributed by atoms with Crippen LogP contribution in [-0.2, 0) is 19.1 Å². The van der Waals surface area contributed by atoms with Gasteiger partial charge >= 0.3 is 11.9 Å². The van der Waals surface area contributed by atoms with E-state index in [1.807, 2.05) is 0 Å². The highest BCUT2D eigenvalue weighted by molar-refractivity contribution is 6.33. The average molecular weight is 580 g/mol. The summed E-state index contributed by atoms with van der Waals surface area (Å²) in [6, 6.07) is 16.8. The Morgan fingerprint density at radius 3 is 2.17 bits per heavy atom. The van der Waals surface area contributed by atoms with E-state index in [1.54, 1.807) is 42.5 Å². The average Bonchev–Trinajstić information content (AvgIpc) is 3.21. The van der Waals surface area contributed by atoms with Crippen molar-refractivity contribution in [2.75, 3.05) is 31.6 Å². The largest absolute Gasteiger partial charge is 0.461 e. The molecule has 4 rings (SSSR count). The molecule has 0 fully saturated rings. The first-order chi connectivity index (χ1) is 19.7. The highest BCUT2D eigenvalue weighted by atomic mass is 35.5. The number of nitrogens with zero attached hydrogens (tertiary/aromatic N) is 4. The Balaban J connectivity index is 1.14. The minimum atomic E-state index is -0.815. The molecule has 0 atom stereocenters. The smallest absolute Gasteiger partial charge is 0.344 e. The maximum Gasteiger partial charge on any atom is 0.344 e. The molecule has 0 aliphatic carbocycles. The van der Waals surface area contributed by atoms with Gasteiger partial charge in [-0.05, 0) is 42.5 Å². The Morgan fingerprint density at radius 1 is 0.902 bits per heavy atom. The van der Waals surface area contributed by atoms with E-state index < -0.39 is 35.3 Å². The second kappa shape index (κ2) is 13.3. The van der Waals surface area contributed by atoms with Crippen molar-refractivity contribution in [1.82, 2.24) is 4.90 Å². The molecule has 13 nitrogen and oxygen atoms in total. The Kier molecular flexibility index (Phi) is 9.32. The Morgan fingerprint density at radius 2 is 1.54 bits per heavy atom. The van der Waals surface area contributed by atoms with Crippen LogP contribution >= 0.6 is 11.6 Å². The van der Waals surface area contributed by atoms with Crippen LogP contribution in [0.15, 0.2) is 77.0 Å². The number of nitrogens with one attached hydrogen (secondary N) is 1. The van der Waals surface area contributed by atoms with Crippen LogP contribution in [0, 0.1) is 10.1 Å². The third-order valence-electron chi connectivity index (χ3n) is 5.75. The lowest BCUT2D eigenvalue weighted by Gasteiger charge is -2.13. The summed E-state index contributed by atoms with van der Waals surface area (Å²) in [6.45, 7) is -0.799. The molecule has 41 heavy (non-hydrogen) atoms. The van der Waals surface area contributed by atoms with Crippen LogP contribution in [0.5, 0.6) is 0 Å². The van der Waals surface area contributed by atoms with E-state index in [4.69, 9.17) is 21.1 Å². The molecule has 1 aliphatic heterocycles. The fraction of sp³-hybridized carbons (Fsp3) is 0.185. The normalized spacial score (nSPS) is 12.4. The van der Waals surface area contributed by atoms with Crippen LogP contribution in [0.3, 0.4) is 0 Å². The van der Waals surface area contributed by atoms with Gasteiger partial charge in [0.1, 0.15) is 6.61 Å². The van der Waals surface area contributed by atoms with Gasteiger partial charge in [-0.25, -0.2) is 4.79 Å². The number of halogens is 1. The van der Waals surface area contributed by atoms with Crippen molar-refractivity contribution in [3.63, 3.8) is 0 Å². The molecule has 14 heteroatoms. The standard InChI is InChI=1S/C27H22ClN5O8/c28-22-15-18(31-30-17-5-8-19(9-6-17)33(38)39)7-10-23(22)29-12-11-24(34)41-16-25(35)40-14-13-32-26(36)20-3-1-2-4-21(20)27(32)37/h1-10,15,29H,11-14,16H2/b31-30+. The van der Waals surface area contributed by atoms with Crippen LogP contribution in [0.25, 0.3) is 0 Å². The minimum Gasteiger partial charge on any atom is -0.461 e. The molecular weight excluding hydrogens is 558 g/mol. The van der Waals surface area contributed by atoms with Gasteiger partial charge in [-0.15, -0.1) is 0 Å². The summed E-state index contributed by atoms with van der Waals surface area (Å²) in [5, 5.41) is 22.1. The molecule has 0 unspecified atom stereocenters. The second-order valence-corrected chi connectivity index (χ2v) is 8.91. The maximum atomic E-state index is 12.3. The number of rotatable bonds is 12. The number of hydrogen-bond acceptors (Lipinski definition) is 11. The van der Waals surface area contributed by atoms with Gasteiger partial charge in [0.05, 0.1) is 51.1 Å². The third kappa shape index (κ3) is 7.48. The van der Waals surface area contributed by atoms with Crippen LogP contribution in [0.2, 0.25) is 5.02 Å². The highest BCUT2D eigenvalue weighted by Crippen LogP contribution is 2.28. The van der Waals surface area contributed by atoms with E-state index in [-0.39, 0.29) is 31.8 Å². The molecule has 1 heterocycles. The number of imide groups is 1. The third-order valence-corrected chi connectivity index (χ3v) is 6.06. The quantitative estimate of drug-likeness (QED) is 0.104. The number of non-ortho nitro benzene ring substituents is 1. The fourth-order valence-electron chi connectivity index (χ4n) is 3.71. The van der Waals surface area contributed by atoms with Crippen LogP contribution < -0.4 is 5.32 Å². The molecule has 0 bridgehead atoms. The Bertz CT molecular complexity index is 1490.